The Morgan fingerprint density at radius 3 is 1.44 bits per heavy atom. The molecule has 0 unspecified atom stereocenters. The smallest absolute Gasteiger partial charge is 0.114 e. The zero-order valence-corrected chi connectivity index (χ0v) is 19.4. The summed E-state index contributed by atoms with van der Waals surface area (Å²) in [5, 5.41) is 0. The van der Waals surface area contributed by atoms with Gasteiger partial charge in [0.1, 0.15) is 5.76 Å². The normalized spacial score (nSPS) is 12.2. The fraction of sp³-hybridized carbons (Fsp3) is 0.840. The van der Waals surface area contributed by atoms with Crippen LogP contribution in [0.25, 0.3) is 0 Å². The molecule has 0 aromatic carbocycles. The largest absolute Gasteiger partial charge is 0.494 e. The molecule has 0 spiro atoms. The predicted octanol–water partition coefficient (Wildman–Crippen LogP) is 9.04. The second-order valence-electron chi connectivity index (χ2n) is 7.73. The lowest BCUT2D eigenvalue weighted by Crippen LogP contribution is -1.93. The van der Waals surface area contributed by atoms with E-state index in [1.165, 1.54) is 103 Å². The van der Waals surface area contributed by atoms with E-state index in [2.05, 4.69) is 37.8 Å². The van der Waals surface area contributed by atoms with Crippen LogP contribution in [0.4, 0.5) is 0 Å². The molecular weight excluding hydrogens is 348 g/mol. The molecule has 0 amide bonds. The Morgan fingerprint density at radius 2 is 1.07 bits per heavy atom. The van der Waals surface area contributed by atoms with Gasteiger partial charge in [0, 0.05) is 0 Å². The van der Waals surface area contributed by atoms with Crippen molar-refractivity contribution < 1.29 is 4.74 Å². The van der Waals surface area contributed by atoms with Crippen LogP contribution in [0.2, 0.25) is 0 Å². The minimum absolute atomic E-state index is 0.864. The molecular formula is C25H48OS. The predicted molar refractivity (Wildman–Crippen MR) is 127 cm³/mol. The van der Waals surface area contributed by atoms with Crippen molar-refractivity contribution in [3.63, 3.8) is 0 Å². The lowest BCUT2D eigenvalue weighted by atomic mass is 10.0. The van der Waals surface area contributed by atoms with Gasteiger partial charge in [0.05, 0.1) is 6.61 Å². The van der Waals surface area contributed by atoms with Gasteiger partial charge in [-0.3, -0.25) is 0 Å². The second kappa shape index (κ2) is 23.7. The first-order valence-corrected chi connectivity index (χ1v) is 12.5. The van der Waals surface area contributed by atoms with Crippen LogP contribution >= 0.6 is 12.6 Å². The Kier molecular flexibility index (Phi) is 23.3. The van der Waals surface area contributed by atoms with Crippen molar-refractivity contribution in [3.8, 4) is 0 Å². The summed E-state index contributed by atoms with van der Waals surface area (Å²) in [6.07, 6.45) is 29.7. The molecule has 0 aliphatic rings. The Labute approximate surface area is 176 Å². The highest BCUT2D eigenvalue weighted by Gasteiger charge is 1.96. The van der Waals surface area contributed by atoms with Gasteiger partial charge in [0.2, 0.25) is 0 Å². The molecule has 0 atom stereocenters. The van der Waals surface area contributed by atoms with E-state index in [1.807, 2.05) is 6.92 Å². The van der Waals surface area contributed by atoms with Crippen LogP contribution in [0.15, 0.2) is 24.0 Å². The van der Waals surface area contributed by atoms with Gasteiger partial charge in [-0.25, -0.2) is 0 Å². The van der Waals surface area contributed by atoms with E-state index in [9.17, 15) is 0 Å². The van der Waals surface area contributed by atoms with Crippen molar-refractivity contribution in [1.29, 1.82) is 0 Å². The molecule has 0 radical (unpaired) electrons. The van der Waals surface area contributed by atoms with Crippen LogP contribution in [-0.2, 0) is 4.74 Å². The number of hydrogen-bond acceptors (Lipinski definition) is 2. The molecule has 160 valence electrons. The first kappa shape index (κ1) is 26.6. The Balaban J connectivity index is 3.16. The van der Waals surface area contributed by atoms with Crippen LogP contribution < -0.4 is 0 Å². The van der Waals surface area contributed by atoms with Crippen molar-refractivity contribution in [1.82, 2.24) is 0 Å². The van der Waals surface area contributed by atoms with Crippen molar-refractivity contribution in [2.75, 3.05) is 12.4 Å². The van der Waals surface area contributed by atoms with Gasteiger partial charge in [-0.1, -0.05) is 103 Å². The molecule has 0 fully saturated rings. The van der Waals surface area contributed by atoms with Crippen molar-refractivity contribution in [3.05, 3.63) is 24.0 Å². The van der Waals surface area contributed by atoms with E-state index >= 15 is 0 Å². The number of unbranched alkanes of at least 4 members (excludes halogenated alkanes) is 15. The average Bonchev–Trinajstić information content (AvgIpc) is 2.69. The van der Waals surface area contributed by atoms with Crippen LogP contribution in [0.5, 0.6) is 0 Å². The molecule has 2 heteroatoms. The van der Waals surface area contributed by atoms with Crippen molar-refractivity contribution in [2.24, 2.45) is 0 Å². The maximum atomic E-state index is 5.79. The molecule has 27 heavy (non-hydrogen) atoms. The van der Waals surface area contributed by atoms with Crippen LogP contribution in [0.1, 0.15) is 123 Å². The highest BCUT2D eigenvalue weighted by Crippen LogP contribution is 2.14. The second-order valence-corrected chi connectivity index (χ2v) is 8.18. The number of allylic oxidation sites excluding steroid dienone is 3. The van der Waals surface area contributed by atoms with Crippen LogP contribution in [0, 0.1) is 0 Å². The molecule has 0 aromatic rings. The summed E-state index contributed by atoms with van der Waals surface area (Å²) in [5.74, 6) is 2.08. The standard InChI is InChI=1S/C25H48OS/c1-3-5-22-25(4-2)26-23-20-18-16-14-12-10-8-6-7-9-11-13-15-17-19-21-24-27/h4-5,22,27H,3,6-21,23-24H2,1-2H3/b22-5-,25-4+. The van der Waals surface area contributed by atoms with Crippen LogP contribution in [0.3, 0.4) is 0 Å². The topological polar surface area (TPSA) is 9.23 Å². The van der Waals surface area contributed by atoms with Crippen molar-refractivity contribution >= 4 is 12.6 Å². The SMILES string of the molecule is C/C=C(\C=C/CC)OCCCCCCCCCCCCCCCCCCS. The highest BCUT2D eigenvalue weighted by atomic mass is 32.1. The van der Waals surface area contributed by atoms with E-state index in [0.717, 1.165) is 24.5 Å². The first-order chi connectivity index (χ1) is 13.3. The van der Waals surface area contributed by atoms with E-state index < -0.39 is 0 Å². The zero-order valence-electron chi connectivity index (χ0n) is 18.5. The summed E-state index contributed by atoms with van der Waals surface area (Å²) in [6.45, 7) is 5.06. The summed E-state index contributed by atoms with van der Waals surface area (Å²) < 4.78 is 5.79. The van der Waals surface area contributed by atoms with Gasteiger partial charge >= 0.3 is 0 Å². The lowest BCUT2D eigenvalue weighted by Gasteiger charge is -2.06. The number of ether oxygens (including phenoxy) is 1. The zero-order chi connectivity index (χ0) is 19.8. The number of rotatable bonds is 21. The molecule has 0 aliphatic carbocycles. The fourth-order valence-corrected chi connectivity index (χ4v) is 3.56. The summed E-state index contributed by atoms with van der Waals surface area (Å²) >= 11 is 4.26. The van der Waals surface area contributed by atoms with Gasteiger partial charge in [0.25, 0.3) is 0 Å². The van der Waals surface area contributed by atoms with Gasteiger partial charge in [-0.15, -0.1) is 0 Å². The minimum atomic E-state index is 0.864. The molecule has 0 bridgehead atoms. The molecule has 0 rings (SSSR count). The molecule has 0 heterocycles. The Bertz CT molecular complexity index is 335. The molecule has 1 nitrogen and oxygen atoms in total. The molecule has 0 saturated heterocycles. The van der Waals surface area contributed by atoms with Gasteiger partial charge in [-0.2, -0.15) is 12.6 Å². The van der Waals surface area contributed by atoms with Gasteiger partial charge < -0.3 is 4.74 Å². The molecule has 0 N–H and O–H groups in total. The summed E-state index contributed by atoms with van der Waals surface area (Å²) in [6, 6.07) is 0. The molecule has 0 aromatic heterocycles. The maximum Gasteiger partial charge on any atom is 0.114 e. The Morgan fingerprint density at radius 1 is 0.667 bits per heavy atom. The molecule has 0 aliphatic heterocycles. The van der Waals surface area contributed by atoms with E-state index in [0.29, 0.717) is 0 Å². The third-order valence-electron chi connectivity index (χ3n) is 5.12. The number of hydrogen-bond donors (Lipinski definition) is 1. The summed E-state index contributed by atoms with van der Waals surface area (Å²) in [4.78, 5) is 0. The summed E-state index contributed by atoms with van der Waals surface area (Å²) in [7, 11) is 0. The Hall–Kier alpha value is -0.370. The van der Waals surface area contributed by atoms with E-state index in [-0.39, 0.29) is 0 Å². The minimum Gasteiger partial charge on any atom is -0.494 e. The first-order valence-electron chi connectivity index (χ1n) is 11.9. The fourth-order valence-electron chi connectivity index (χ4n) is 3.34. The van der Waals surface area contributed by atoms with E-state index in [1.54, 1.807) is 0 Å². The average molecular weight is 397 g/mol. The monoisotopic (exact) mass is 396 g/mol. The van der Waals surface area contributed by atoms with E-state index in [4.69, 9.17) is 4.74 Å². The maximum absolute atomic E-state index is 5.79. The lowest BCUT2D eigenvalue weighted by molar-refractivity contribution is 0.216. The van der Waals surface area contributed by atoms with Gasteiger partial charge in [-0.05, 0) is 44.1 Å². The third kappa shape index (κ3) is 21.8. The van der Waals surface area contributed by atoms with Crippen LogP contribution in [-0.4, -0.2) is 12.4 Å². The number of thiol groups is 1. The van der Waals surface area contributed by atoms with Crippen molar-refractivity contribution in [2.45, 2.75) is 123 Å². The third-order valence-corrected chi connectivity index (χ3v) is 5.44. The summed E-state index contributed by atoms with van der Waals surface area (Å²) in [5.41, 5.74) is 0. The highest BCUT2D eigenvalue weighted by molar-refractivity contribution is 7.80. The van der Waals surface area contributed by atoms with Gasteiger partial charge in [0.15, 0.2) is 0 Å². The molecule has 0 saturated carbocycles. The quantitative estimate of drug-likeness (QED) is 0.0880.